The summed E-state index contributed by atoms with van der Waals surface area (Å²) in [6.07, 6.45) is 7.00. The first-order valence-electron chi connectivity index (χ1n) is 13.7. The predicted molar refractivity (Wildman–Crippen MR) is 157 cm³/mol. The number of rotatable bonds is 10. The lowest BCUT2D eigenvalue weighted by Gasteiger charge is -2.33. The second-order valence-electron chi connectivity index (χ2n) is 10.4. The lowest BCUT2D eigenvalue weighted by atomic mass is 9.84. The van der Waals surface area contributed by atoms with Crippen LogP contribution in [0.3, 0.4) is 0 Å². The van der Waals surface area contributed by atoms with Crippen molar-refractivity contribution in [1.82, 2.24) is 19.9 Å². The summed E-state index contributed by atoms with van der Waals surface area (Å²) < 4.78 is 12.1. The Balaban J connectivity index is 1.27. The van der Waals surface area contributed by atoms with Crippen molar-refractivity contribution < 1.29 is 19.4 Å². The largest absolute Gasteiger partial charge is 0.490 e. The molecule has 10 heteroatoms. The number of aliphatic carboxylic acids is 1. The molecule has 3 heterocycles. The summed E-state index contributed by atoms with van der Waals surface area (Å²) in [5, 5.41) is 12.7. The molecule has 1 aliphatic rings. The van der Waals surface area contributed by atoms with E-state index < -0.39 is 11.4 Å². The molecule has 1 aliphatic heterocycles. The number of hydrogen-bond acceptors (Lipinski definition) is 9. The van der Waals surface area contributed by atoms with Gasteiger partial charge in [-0.15, -0.1) is 0 Å². The molecule has 1 saturated heterocycles. The summed E-state index contributed by atoms with van der Waals surface area (Å²) in [4.78, 5) is 32.0. The Bertz CT molecular complexity index is 1490. The summed E-state index contributed by atoms with van der Waals surface area (Å²) in [7, 11) is 0. The van der Waals surface area contributed by atoms with Crippen LogP contribution in [0.4, 0.5) is 17.5 Å². The van der Waals surface area contributed by atoms with Crippen LogP contribution >= 0.6 is 0 Å². The van der Waals surface area contributed by atoms with Crippen molar-refractivity contribution in [3.63, 3.8) is 0 Å². The highest BCUT2D eigenvalue weighted by Gasteiger charge is 2.29. The molecule has 0 radical (unpaired) electrons. The number of anilines is 3. The topological polar surface area (TPSA) is 123 Å². The number of benzene rings is 2. The highest BCUT2D eigenvalue weighted by Crippen LogP contribution is 2.30. The summed E-state index contributed by atoms with van der Waals surface area (Å²) in [5.74, 6) is 3.04. The van der Waals surface area contributed by atoms with Crippen LogP contribution in [-0.4, -0.2) is 56.8 Å². The average molecular weight is 555 g/mol. The number of nitrogens with zero attached hydrogens (tertiary/aromatic N) is 5. The monoisotopic (exact) mass is 554 g/mol. The van der Waals surface area contributed by atoms with Crippen molar-refractivity contribution in [2.45, 2.75) is 45.1 Å². The molecule has 212 valence electrons. The maximum Gasteiger partial charge on any atom is 0.313 e. The van der Waals surface area contributed by atoms with Crippen LogP contribution in [0.15, 0.2) is 73.2 Å². The van der Waals surface area contributed by atoms with Gasteiger partial charge in [0, 0.05) is 18.3 Å². The molecule has 0 spiro atoms. The van der Waals surface area contributed by atoms with Gasteiger partial charge in [0.25, 0.3) is 0 Å². The van der Waals surface area contributed by atoms with Gasteiger partial charge in [-0.25, -0.2) is 15.0 Å². The van der Waals surface area contributed by atoms with E-state index in [1.807, 2.05) is 43.3 Å². The van der Waals surface area contributed by atoms with Gasteiger partial charge < -0.3 is 24.8 Å². The van der Waals surface area contributed by atoms with Crippen molar-refractivity contribution in [3.8, 4) is 22.9 Å². The van der Waals surface area contributed by atoms with Crippen molar-refractivity contribution in [2.75, 3.05) is 29.9 Å². The lowest BCUT2D eigenvalue weighted by molar-refractivity contribution is -0.142. The number of carboxylic acid groups (broad SMARTS) is 1. The van der Waals surface area contributed by atoms with Crippen LogP contribution in [0.2, 0.25) is 0 Å². The van der Waals surface area contributed by atoms with E-state index in [2.05, 4.69) is 25.2 Å². The molecule has 1 unspecified atom stereocenters. The molecule has 1 fully saturated rings. The number of hydrogen-bond donors (Lipinski definition) is 2. The molecule has 2 N–H and O–H groups in total. The van der Waals surface area contributed by atoms with Crippen molar-refractivity contribution in [1.29, 1.82) is 0 Å². The number of ether oxygens (including phenoxy) is 2. The fourth-order valence-electron chi connectivity index (χ4n) is 4.67. The van der Waals surface area contributed by atoms with E-state index in [-0.39, 0.29) is 6.10 Å². The number of carboxylic acids is 1. The van der Waals surface area contributed by atoms with E-state index in [4.69, 9.17) is 14.5 Å². The Kier molecular flexibility index (Phi) is 8.28. The van der Waals surface area contributed by atoms with E-state index in [0.717, 1.165) is 42.3 Å². The van der Waals surface area contributed by atoms with Crippen LogP contribution in [-0.2, 0) is 10.2 Å². The van der Waals surface area contributed by atoms with Gasteiger partial charge in [-0.2, -0.15) is 0 Å². The number of aromatic nitrogens is 4. The normalized spacial score (nSPS) is 15.3. The smallest absolute Gasteiger partial charge is 0.313 e. The minimum absolute atomic E-state index is 0.000607. The zero-order valence-electron chi connectivity index (χ0n) is 23.4. The van der Waals surface area contributed by atoms with Crippen molar-refractivity contribution >= 4 is 23.4 Å². The first-order valence-corrected chi connectivity index (χ1v) is 13.7. The molecule has 2 aromatic carbocycles. The zero-order chi connectivity index (χ0) is 28.8. The standard InChI is InChI=1S/C31H34N6O4/c1-4-40-24-9-5-6-10-25(24)41-23-8-7-17-37(20-23)28-19-32-18-27(35-28)34-26-15-16-33-29(36-26)21-11-13-22(14-12-21)31(2,3)30(38)39/h5-6,9-16,18-19,23H,4,7-8,17,20H2,1-3H3,(H,38,39)(H,33,34,35,36). The average Bonchev–Trinajstić information content (AvgIpc) is 2.99. The summed E-state index contributed by atoms with van der Waals surface area (Å²) in [5.41, 5.74) is 0.503. The molecule has 41 heavy (non-hydrogen) atoms. The SMILES string of the molecule is CCOc1ccccc1OC1CCCN(c2cncc(Nc3ccnc(-c4ccc(C(C)(C)C(=O)O)cc4)n3)n2)C1. The third-order valence-electron chi connectivity index (χ3n) is 7.08. The number of para-hydroxylation sites is 2. The maximum absolute atomic E-state index is 11.6. The van der Waals surface area contributed by atoms with Crippen LogP contribution in [0, 0.1) is 0 Å². The molecule has 0 saturated carbocycles. The molecule has 0 bridgehead atoms. The third kappa shape index (κ3) is 6.54. The van der Waals surface area contributed by atoms with Gasteiger partial charge in [0.2, 0.25) is 0 Å². The molecule has 0 aliphatic carbocycles. The quantitative estimate of drug-likeness (QED) is 0.260. The fourth-order valence-corrected chi connectivity index (χ4v) is 4.67. The Hall–Kier alpha value is -4.73. The first kappa shape index (κ1) is 27.8. The molecule has 1 atom stereocenters. The summed E-state index contributed by atoms with van der Waals surface area (Å²) in [6, 6.07) is 16.8. The van der Waals surface area contributed by atoms with Gasteiger partial charge in [-0.1, -0.05) is 36.4 Å². The Morgan fingerprint density at radius 2 is 1.83 bits per heavy atom. The molecular weight excluding hydrogens is 520 g/mol. The van der Waals surface area contributed by atoms with Crippen LogP contribution in [0.5, 0.6) is 11.5 Å². The van der Waals surface area contributed by atoms with Gasteiger partial charge in [0.15, 0.2) is 23.1 Å². The molecule has 4 aromatic rings. The second kappa shape index (κ2) is 12.2. The van der Waals surface area contributed by atoms with Gasteiger partial charge in [0.1, 0.15) is 17.7 Å². The molecule has 10 nitrogen and oxygen atoms in total. The zero-order valence-corrected chi connectivity index (χ0v) is 23.4. The van der Waals surface area contributed by atoms with Gasteiger partial charge in [-0.3, -0.25) is 9.78 Å². The highest BCUT2D eigenvalue weighted by atomic mass is 16.5. The van der Waals surface area contributed by atoms with E-state index >= 15 is 0 Å². The van der Waals surface area contributed by atoms with Crippen molar-refractivity contribution in [3.05, 3.63) is 78.8 Å². The van der Waals surface area contributed by atoms with Gasteiger partial charge in [-0.05, 0) is 57.4 Å². The van der Waals surface area contributed by atoms with Crippen LogP contribution < -0.4 is 19.7 Å². The van der Waals surface area contributed by atoms with Crippen LogP contribution in [0.25, 0.3) is 11.4 Å². The molecule has 5 rings (SSSR count). The number of carbonyl (C=O) groups is 1. The van der Waals surface area contributed by atoms with Crippen molar-refractivity contribution in [2.24, 2.45) is 0 Å². The first-order chi connectivity index (χ1) is 19.8. The Morgan fingerprint density at radius 1 is 1.05 bits per heavy atom. The highest BCUT2D eigenvalue weighted by molar-refractivity contribution is 5.80. The van der Waals surface area contributed by atoms with Gasteiger partial charge in [0.05, 0.1) is 31.0 Å². The number of piperidine rings is 1. The summed E-state index contributed by atoms with van der Waals surface area (Å²) >= 11 is 0. The predicted octanol–water partition coefficient (Wildman–Crippen LogP) is 5.49. The van der Waals surface area contributed by atoms with E-state index in [1.54, 1.807) is 50.6 Å². The fraction of sp³-hybridized carbons (Fsp3) is 0.323. The van der Waals surface area contributed by atoms with E-state index in [1.165, 1.54) is 0 Å². The summed E-state index contributed by atoms with van der Waals surface area (Å²) in [6.45, 7) is 7.45. The van der Waals surface area contributed by atoms with E-state index in [0.29, 0.717) is 36.2 Å². The third-order valence-corrected chi connectivity index (χ3v) is 7.08. The minimum Gasteiger partial charge on any atom is -0.490 e. The number of nitrogens with one attached hydrogen (secondary N) is 1. The minimum atomic E-state index is -0.985. The molecule has 0 amide bonds. The lowest BCUT2D eigenvalue weighted by Crippen LogP contribution is -2.41. The van der Waals surface area contributed by atoms with E-state index in [9.17, 15) is 9.90 Å². The second-order valence-corrected chi connectivity index (χ2v) is 10.4. The molecular formula is C31H34N6O4. The maximum atomic E-state index is 11.6. The molecule has 2 aromatic heterocycles. The van der Waals surface area contributed by atoms with Crippen LogP contribution in [0.1, 0.15) is 39.2 Å². The van der Waals surface area contributed by atoms with Gasteiger partial charge >= 0.3 is 5.97 Å². The Labute approximate surface area is 239 Å². The Morgan fingerprint density at radius 3 is 2.59 bits per heavy atom.